The van der Waals surface area contributed by atoms with E-state index in [0.717, 1.165) is 33.7 Å². The number of rotatable bonds is 6. The number of benzene rings is 2. The summed E-state index contributed by atoms with van der Waals surface area (Å²) in [5.41, 5.74) is 5.44. The van der Waals surface area contributed by atoms with Gasteiger partial charge in [-0.15, -0.1) is 0 Å². The van der Waals surface area contributed by atoms with Crippen LogP contribution in [-0.4, -0.2) is 22.1 Å². The number of hydrogen-bond donors (Lipinski definition) is 0. The van der Waals surface area contributed by atoms with Gasteiger partial charge in [-0.05, 0) is 36.8 Å². The van der Waals surface area contributed by atoms with Crippen molar-refractivity contribution < 1.29 is 13.9 Å². The molecular weight excluding hydrogens is 436 g/mol. The van der Waals surface area contributed by atoms with Crippen LogP contribution in [0.15, 0.2) is 89.5 Å². The van der Waals surface area contributed by atoms with Crippen LogP contribution in [0.3, 0.4) is 0 Å². The average molecular weight is 457 g/mol. The van der Waals surface area contributed by atoms with Crippen LogP contribution >= 0.6 is 11.6 Å². The Balaban J connectivity index is 1.80. The highest BCUT2D eigenvalue weighted by Gasteiger charge is 2.26. The van der Waals surface area contributed by atoms with E-state index in [1.807, 2.05) is 77.4 Å². The van der Waals surface area contributed by atoms with E-state index in [0.29, 0.717) is 22.8 Å². The summed E-state index contributed by atoms with van der Waals surface area (Å²) in [7, 11) is 0. The molecule has 3 aromatic heterocycles. The van der Waals surface area contributed by atoms with Crippen LogP contribution in [0, 0.1) is 0 Å². The Morgan fingerprint density at radius 1 is 1.00 bits per heavy atom. The summed E-state index contributed by atoms with van der Waals surface area (Å²) < 4.78 is 13.6. The zero-order valence-corrected chi connectivity index (χ0v) is 18.8. The van der Waals surface area contributed by atoms with Crippen molar-refractivity contribution in [2.75, 3.05) is 6.61 Å². The molecule has 6 heteroatoms. The van der Waals surface area contributed by atoms with Gasteiger partial charge in [0.2, 0.25) is 0 Å². The molecule has 5 nitrogen and oxygen atoms in total. The van der Waals surface area contributed by atoms with Gasteiger partial charge in [-0.3, -0.25) is 4.98 Å². The summed E-state index contributed by atoms with van der Waals surface area (Å²) in [6.45, 7) is 2.47. The molecule has 0 saturated heterocycles. The summed E-state index contributed by atoms with van der Waals surface area (Å²) in [5.74, 6) is 0.330. The number of fused-ring (bicyclic) bond motifs is 1. The number of hydrogen-bond acceptors (Lipinski definition) is 4. The molecule has 0 saturated carbocycles. The summed E-state index contributed by atoms with van der Waals surface area (Å²) in [6, 6.07) is 25.0. The highest BCUT2D eigenvalue weighted by atomic mass is 35.5. The van der Waals surface area contributed by atoms with Gasteiger partial charge in [0.25, 0.3) is 0 Å². The summed E-state index contributed by atoms with van der Waals surface area (Å²) >= 11 is 6.17. The Labute approximate surface area is 196 Å². The van der Waals surface area contributed by atoms with Gasteiger partial charge in [0.1, 0.15) is 11.5 Å². The molecule has 5 aromatic rings. The lowest BCUT2D eigenvalue weighted by atomic mass is 10.0. The number of esters is 1. The SMILES string of the molecule is CCOC(=O)c1cc2oc(-c3ccccc3)c(-c3ccc(Cl)cc3)c2n1Cc1ccccn1. The molecular formula is C27H21ClN2O3. The minimum absolute atomic E-state index is 0.286. The van der Waals surface area contributed by atoms with E-state index in [4.69, 9.17) is 20.8 Å². The largest absolute Gasteiger partial charge is 0.461 e. The van der Waals surface area contributed by atoms with Crippen molar-refractivity contribution in [1.82, 2.24) is 9.55 Å². The standard InChI is InChI=1S/C27H21ClN2O3/c1-2-32-27(31)22-16-23-25(30(22)17-21-10-6-7-15-29-21)24(18-11-13-20(28)14-12-18)26(33-23)19-8-4-3-5-9-19/h3-16H,2,17H2,1H3. The second kappa shape index (κ2) is 8.96. The highest BCUT2D eigenvalue weighted by Crippen LogP contribution is 2.42. The minimum Gasteiger partial charge on any atom is -0.461 e. The van der Waals surface area contributed by atoms with Crippen molar-refractivity contribution in [2.24, 2.45) is 0 Å². The molecule has 0 atom stereocenters. The molecule has 0 spiro atoms. The van der Waals surface area contributed by atoms with E-state index in [9.17, 15) is 4.79 Å². The zero-order chi connectivity index (χ0) is 22.8. The fourth-order valence-electron chi connectivity index (χ4n) is 4.00. The number of pyridine rings is 1. The molecule has 0 fully saturated rings. The summed E-state index contributed by atoms with van der Waals surface area (Å²) in [4.78, 5) is 17.3. The zero-order valence-electron chi connectivity index (χ0n) is 18.0. The monoisotopic (exact) mass is 456 g/mol. The third-order valence-corrected chi connectivity index (χ3v) is 5.69. The quantitative estimate of drug-likeness (QED) is 0.262. The first kappa shape index (κ1) is 21.0. The first-order chi connectivity index (χ1) is 16.2. The van der Waals surface area contributed by atoms with Crippen LogP contribution in [0.5, 0.6) is 0 Å². The average Bonchev–Trinajstić information content (AvgIpc) is 3.38. The molecule has 164 valence electrons. The maximum atomic E-state index is 12.8. The lowest BCUT2D eigenvalue weighted by Gasteiger charge is -2.12. The van der Waals surface area contributed by atoms with E-state index < -0.39 is 5.97 Å². The van der Waals surface area contributed by atoms with Crippen molar-refractivity contribution in [3.8, 4) is 22.5 Å². The van der Waals surface area contributed by atoms with Crippen LogP contribution in [0.4, 0.5) is 0 Å². The van der Waals surface area contributed by atoms with Crippen molar-refractivity contribution in [1.29, 1.82) is 0 Å². The third-order valence-electron chi connectivity index (χ3n) is 5.44. The first-order valence-electron chi connectivity index (χ1n) is 10.7. The van der Waals surface area contributed by atoms with Crippen LogP contribution in [0.2, 0.25) is 5.02 Å². The molecule has 3 heterocycles. The smallest absolute Gasteiger partial charge is 0.355 e. The lowest BCUT2D eigenvalue weighted by Crippen LogP contribution is -2.13. The van der Waals surface area contributed by atoms with E-state index >= 15 is 0 Å². The highest BCUT2D eigenvalue weighted by molar-refractivity contribution is 6.30. The Kier molecular flexibility index (Phi) is 5.71. The van der Waals surface area contributed by atoms with Crippen molar-refractivity contribution in [3.63, 3.8) is 0 Å². The molecule has 0 bridgehead atoms. The predicted octanol–water partition coefficient (Wildman–Crippen LogP) is 6.84. The van der Waals surface area contributed by atoms with Crippen LogP contribution in [-0.2, 0) is 11.3 Å². The molecule has 0 N–H and O–H groups in total. The third kappa shape index (κ3) is 4.03. The number of aromatic nitrogens is 2. The van der Waals surface area contributed by atoms with Gasteiger partial charge in [0.15, 0.2) is 5.58 Å². The number of halogens is 1. The summed E-state index contributed by atoms with van der Waals surface area (Å²) in [5, 5.41) is 0.649. The topological polar surface area (TPSA) is 57.3 Å². The number of furan rings is 1. The maximum Gasteiger partial charge on any atom is 0.355 e. The maximum absolute atomic E-state index is 12.8. The summed E-state index contributed by atoms with van der Waals surface area (Å²) in [6.07, 6.45) is 1.74. The van der Waals surface area contributed by atoms with E-state index in [1.165, 1.54) is 0 Å². The predicted molar refractivity (Wildman–Crippen MR) is 129 cm³/mol. The fraction of sp³-hybridized carbons (Fsp3) is 0.111. The Hall–Kier alpha value is -3.83. The molecule has 0 aliphatic carbocycles. The van der Waals surface area contributed by atoms with Crippen LogP contribution < -0.4 is 0 Å². The normalized spacial score (nSPS) is 11.1. The second-order valence-corrected chi connectivity index (χ2v) is 7.99. The molecule has 0 unspecified atom stereocenters. The van der Waals surface area contributed by atoms with E-state index in [1.54, 1.807) is 19.2 Å². The number of carbonyl (C=O) groups excluding carboxylic acids is 1. The molecule has 2 aromatic carbocycles. The van der Waals surface area contributed by atoms with Gasteiger partial charge in [-0.1, -0.05) is 60.1 Å². The molecule has 0 aliphatic heterocycles. The van der Waals surface area contributed by atoms with Crippen LogP contribution in [0.1, 0.15) is 23.1 Å². The second-order valence-electron chi connectivity index (χ2n) is 7.55. The van der Waals surface area contributed by atoms with Crippen molar-refractivity contribution >= 4 is 28.7 Å². The van der Waals surface area contributed by atoms with E-state index in [2.05, 4.69) is 4.98 Å². The Morgan fingerprint density at radius 3 is 2.45 bits per heavy atom. The molecule has 5 rings (SSSR count). The minimum atomic E-state index is -0.400. The van der Waals surface area contributed by atoms with Crippen molar-refractivity contribution in [3.05, 3.63) is 101 Å². The molecule has 33 heavy (non-hydrogen) atoms. The van der Waals surface area contributed by atoms with Gasteiger partial charge in [0.05, 0.1) is 29.9 Å². The van der Waals surface area contributed by atoms with Gasteiger partial charge in [-0.25, -0.2) is 4.79 Å². The number of carbonyl (C=O) groups is 1. The number of nitrogens with zero attached hydrogens (tertiary/aromatic N) is 2. The Morgan fingerprint density at radius 2 is 1.76 bits per heavy atom. The van der Waals surface area contributed by atoms with Gasteiger partial charge in [-0.2, -0.15) is 0 Å². The van der Waals surface area contributed by atoms with Gasteiger partial charge >= 0.3 is 5.97 Å². The van der Waals surface area contributed by atoms with Crippen molar-refractivity contribution in [2.45, 2.75) is 13.5 Å². The molecule has 0 amide bonds. The van der Waals surface area contributed by atoms with Gasteiger partial charge in [0, 0.05) is 22.8 Å². The van der Waals surface area contributed by atoms with Crippen LogP contribution in [0.25, 0.3) is 33.6 Å². The lowest BCUT2D eigenvalue weighted by molar-refractivity contribution is 0.0515. The Bertz CT molecular complexity index is 1410. The van der Waals surface area contributed by atoms with E-state index in [-0.39, 0.29) is 6.61 Å². The molecule has 0 aliphatic rings. The first-order valence-corrected chi connectivity index (χ1v) is 11.1. The van der Waals surface area contributed by atoms with Gasteiger partial charge < -0.3 is 13.7 Å². The number of ether oxygens (including phenoxy) is 1. The fourth-order valence-corrected chi connectivity index (χ4v) is 4.12. The molecule has 0 radical (unpaired) electrons.